The molecule has 112 valence electrons. The van der Waals surface area contributed by atoms with E-state index in [4.69, 9.17) is 9.47 Å². The van der Waals surface area contributed by atoms with Crippen molar-refractivity contribution in [2.24, 2.45) is 0 Å². The third-order valence-electron chi connectivity index (χ3n) is 3.48. The maximum atomic E-state index is 5.87. The Labute approximate surface area is 135 Å². The van der Waals surface area contributed by atoms with E-state index in [1.54, 1.807) is 7.11 Å². The lowest BCUT2D eigenvalue weighted by molar-refractivity contribution is 0.305. The molecule has 2 rings (SSSR count). The molecule has 2 aromatic carbocycles. The molecule has 0 saturated heterocycles. The van der Waals surface area contributed by atoms with Gasteiger partial charge in [-0.2, -0.15) is 0 Å². The Hall–Kier alpha value is -1.48. The molecule has 0 aliphatic rings. The molecule has 0 fully saturated rings. The Morgan fingerprint density at radius 3 is 2.43 bits per heavy atom. The van der Waals surface area contributed by atoms with E-state index in [2.05, 4.69) is 48.8 Å². The van der Waals surface area contributed by atoms with Gasteiger partial charge in [-0.15, -0.1) is 0 Å². The minimum atomic E-state index is 0.539. The molecule has 21 heavy (non-hydrogen) atoms. The first-order valence-corrected chi connectivity index (χ1v) is 7.86. The van der Waals surface area contributed by atoms with Gasteiger partial charge in [0.05, 0.1) is 11.6 Å². The van der Waals surface area contributed by atoms with Crippen molar-refractivity contribution < 1.29 is 9.47 Å². The quantitative estimate of drug-likeness (QED) is 0.713. The first-order valence-electron chi connectivity index (χ1n) is 7.07. The molecular weight excluding hydrogens is 328 g/mol. The molecule has 0 N–H and O–H groups in total. The Morgan fingerprint density at radius 1 is 1.10 bits per heavy atom. The summed E-state index contributed by atoms with van der Waals surface area (Å²) < 4.78 is 12.0. The summed E-state index contributed by atoms with van der Waals surface area (Å²) in [6.45, 7) is 7.09. The van der Waals surface area contributed by atoms with Crippen LogP contribution in [0.4, 0.5) is 0 Å². The van der Waals surface area contributed by atoms with Crippen LogP contribution in [0.15, 0.2) is 40.9 Å². The molecule has 3 heteroatoms. The zero-order valence-electron chi connectivity index (χ0n) is 12.9. The number of benzene rings is 2. The smallest absolute Gasteiger partial charge is 0.133 e. The second kappa shape index (κ2) is 6.99. The third kappa shape index (κ3) is 4.01. The normalized spacial score (nSPS) is 10.8. The van der Waals surface area contributed by atoms with Crippen LogP contribution < -0.4 is 9.47 Å². The number of rotatable bonds is 5. The van der Waals surface area contributed by atoms with Gasteiger partial charge in [-0.25, -0.2) is 0 Å². The van der Waals surface area contributed by atoms with Crippen molar-refractivity contribution >= 4 is 15.9 Å². The molecule has 0 aliphatic heterocycles. The van der Waals surface area contributed by atoms with Crippen LogP contribution in [-0.2, 0) is 6.61 Å². The zero-order valence-corrected chi connectivity index (χ0v) is 14.5. The average Bonchev–Trinajstić information content (AvgIpc) is 2.45. The SMILES string of the molecule is COc1ccc(COc2ccc(C(C)C)c(C)c2)cc1Br. The summed E-state index contributed by atoms with van der Waals surface area (Å²) in [7, 11) is 1.66. The lowest BCUT2D eigenvalue weighted by Crippen LogP contribution is -1.98. The van der Waals surface area contributed by atoms with Gasteiger partial charge in [0.1, 0.15) is 18.1 Å². The summed E-state index contributed by atoms with van der Waals surface area (Å²) in [5.74, 6) is 2.27. The number of hydrogen-bond donors (Lipinski definition) is 0. The molecule has 0 aromatic heterocycles. The van der Waals surface area contributed by atoms with Crippen molar-refractivity contribution in [1.82, 2.24) is 0 Å². The molecule has 0 spiro atoms. The summed E-state index contributed by atoms with van der Waals surface area (Å²) in [5, 5.41) is 0. The van der Waals surface area contributed by atoms with Crippen molar-refractivity contribution in [2.45, 2.75) is 33.3 Å². The fraction of sp³-hybridized carbons (Fsp3) is 0.333. The van der Waals surface area contributed by atoms with Crippen molar-refractivity contribution in [3.05, 3.63) is 57.6 Å². The summed E-state index contributed by atoms with van der Waals surface area (Å²) in [5.41, 5.74) is 3.75. The molecule has 0 radical (unpaired) electrons. The fourth-order valence-corrected chi connectivity index (χ4v) is 2.94. The molecule has 0 aliphatic carbocycles. The Balaban J connectivity index is 2.06. The van der Waals surface area contributed by atoms with Gasteiger partial charge >= 0.3 is 0 Å². The van der Waals surface area contributed by atoms with Gasteiger partial charge in [-0.3, -0.25) is 0 Å². The summed E-state index contributed by atoms with van der Waals surface area (Å²) >= 11 is 3.49. The van der Waals surface area contributed by atoms with Crippen molar-refractivity contribution in [2.75, 3.05) is 7.11 Å². The first-order chi connectivity index (χ1) is 10.0. The minimum absolute atomic E-state index is 0.539. The lowest BCUT2D eigenvalue weighted by Gasteiger charge is -2.13. The van der Waals surface area contributed by atoms with Gasteiger partial charge in [0.2, 0.25) is 0 Å². The minimum Gasteiger partial charge on any atom is -0.496 e. The van der Waals surface area contributed by atoms with Crippen molar-refractivity contribution in [3.63, 3.8) is 0 Å². The summed E-state index contributed by atoms with van der Waals surface area (Å²) in [6, 6.07) is 12.3. The number of halogens is 1. The van der Waals surface area contributed by atoms with Gasteiger partial charge in [-0.1, -0.05) is 26.0 Å². The molecular formula is C18H21BrO2. The van der Waals surface area contributed by atoms with Crippen molar-refractivity contribution in [3.8, 4) is 11.5 Å². The highest BCUT2D eigenvalue weighted by Gasteiger charge is 2.06. The molecule has 2 nitrogen and oxygen atoms in total. The van der Waals surface area contributed by atoms with Gasteiger partial charge in [0.25, 0.3) is 0 Å². The summed E-state index contributed by atoms with van der Waals surface area (Å²) in [6.07, 6.45) is 0. The van der Waals surface area contributed by atoms with Crippen LogP contribution in [0, 0.1) is 6.92 Å². The van der Waals surface area contributed by atoms with Gasteiger partial charge in [-0.05, 0) is 69.7 Å². The molecule has 0 atom stereocenters. The Bertz CT molecular complexity index is 621. The third-order valence-corrected chi connectivity index (χ3v) is 4.10. The molecule has 0 amide bonds. The second-order valence-electron chi connectivity index (χ2n) is 5.43. The van der Waals surface area contributed by atoms with E-state index in [0.717, 1.165) is 21.5 Å². The van der Waals surface area contributed by atoms with Crippen LogP contribution in [0.2, 0.25) is 0 Å². The van der Waals surface area contributed by atoms with E-state index in [0.29, 0.717) is 12.5 Å². The molecule has 2 aromatic rings. The second-order valence-corrected chi connectivity index (χ2v) is 6.29. The predicted molar refractivity (Wildman–Crippen MR) is 90.3 cm³/mol. The van der Waals surface area contributed by atoms with Crippen LogP contribution in [0.1, 0.15) is 36.5 Å². The maximum Gasteiger partial charge on any atom is 0.133 e. The van der Waals surface area contributed by atoms with Crippen LogP contribution in [0.5, 0.6) is 11.5 Å². The van der Waals surface area contributed by atoms with E-state index in [9.17, 15) is 0 Å². The monoisotopic (exact) mass is 348 g/mol. The van der Waals surface area contributed by atoms with Crippen LogP contribution in [0.3, 0.4) is 0 Å². The average molecular weight is 349 g/mol. The van der Waals surface area contributed by atoms with Gasteiger partial charge < -0.3 is 9.47 Å². The predicted octanol–water partition coefficient (Wildman–Crippen LogP) is 5.47. The molecule has 0 unspecified atom stereocenters. The maximum absolute atomic E-state index is 5.87. The topological polar surface area (TPSA) is 18.5 Å². The number of hydrogen-bond acceptors (Lipinski definition) is 2. The highest BCUT2D eigenvalue weighted by molar-refractivity contribution is 9.10. The summed E-state index contributed by atoms with van der Waals surface area (Å²) in [4.78, 5) is 0. The van der Waals surface area contributed by atoms with E-state index in [-0.39, 0.29) is 0 Å². The molecule has 0 heterocycles. The van der Waals surface area contributed by atoms with Crippen LogP contribution in [0.25, 0.3) is 0 Å². The van der Waals surface area contributed by atoms with Crippen LogP contribution in [-0.4, -0.2) is 7.11 Å². The fourth-order valence-electron chi connectivity index (χ4n) is 2.35. The zero-order chi connectivity index (χ0) is 15.4. The van der Waals surface area contributed by atoms with Crippen LogP contribution >= 0.6 is 15.9 Å². The highest BCUT2D eigenvalue weighted by atomic mass is 79.9. The van der Waals surface area contributed by atoms with Gasteiger partial charge in [0.15, 0.2) is 0 Å². The first kappa shape index (κ1) is 15.9. The largest absolute Gasteiger partial charge is 0.496 e. The number of aryl methyl sites for hydroxylation is 1. The number of methoxy groups -OCH3 is 1. The van der Waals surface area contributed by atoms with E-state index < -0.39 is 0 Å². The van der Waals surface area contributed by atoms with E-state index in [1.807, 2.05) is 24.3 Å². The lowest BCUT2D eigenvalue weighted by atomic mass is 9.98. The molecule has 0 bridgehead atoms. The van der Waals surface area contributed by atoms with E-state index >= 15 is 0 Å². The van der Waals surface area contributed by atoms with E-state index in [1.165, 1.54) is 11.1 Å². The standard InChI is InChI=1S/C18H21BrO2/c1-12(2)16-7-6-15(9-13(16)3)21-11-14-5-8-18(20-4)17(19)10-14/h5-10,12H,11H2,1-4H3. The Morgan fingerprint density at radius 2 is 1.86 bits per heavy atom. The number of ether oxygens (including phenoxy) is 2. The van der Waals surface area contributed by atoms with Crippen molar-refractivity contribution in [1.29, 1.82) is 0 Å². The molecule has 0 saturated carbocycles. The Kier molecular flexibility index (Phi) is 5.29. The highest BCUT2D eigenvalue weighted by Crippen LogP contribution is 2.27. The van der Waals surface area contributed by atoms with Gasteiger partial charge in [0, 0.05) is 0 Å².